The Morgan fingerprint density at radius 1 is 0.667 bits per heavy atom. The molecular formula is C28H44O5-2. The molecule has 0 saturated heterocycles. The van der Waals surface area contributed by atoms with Crippen molar-refractivity contribution in [1.82, 2.24) is 0 Å². The number of aliphatic carboxylic acids is 2. The van der Waals surface area contributed by atoms with Crippen molar-refractivity contribution < 1.29 is 24.9 Å². The summed E-state index contributed by atoms with van der Waals surface area (Å²) in [4.78, 5) is 25.6. The molecule has 0 bridgehead atoms. The molecule has 0 aromatic heterocycles. The Morgan fingerprint density at radius 3 is 1.45 bits per heavy atom. The summed E-state index contributed by atoms with van der Waals surface area (Å²) >= 11 is 0. The molecule has 2 unspecified atom stereocenters. The number of hydrogen-bond donors (Lipinski definition) is 1. The molecule has 5 heteroatoms. The van der Waals surface area contributed by atoms with Crippen molar-refractivity contribution >= 4 is 11.9 Å². The van der Waals surface area contributed by atoms with E-state index < -0.39 is 22.8 Å². The topological polar surface area (TPSA) is 100 Å². The molecule has 33 heavy (non-hydrogen) atoms. The lowest BCUT2D eigenvalue weighted by atomic mass is 9.53. The average Bonchev–Trinajstić information content (AvgIpc) is 2.80. The van der Waals surface area contributed by atoms with Gasteiger partial charge < -0.3 is 24.9 Å². The normalized spacial score (nSPS) is 32.4. The SMILES string of the molecule is O=C([O-])C1(C2CCCCCCCCC2)C=C(O)CC(C(=O)[O-])(C2CCCCCCCCC2)C1. The quantitative estimate of drug-likeness (QED) is 0.638. The predicted octanol–water partition coefficient (Wildman–Crippen LogP) is 4.98. The third kappa shape index (κ3) is 6.33. The first-order valence-corrected chi connectivity index (χ1v) is 13.7. The second-order valence-electron chi connectivity index (χ2n) is 11.3. The molecule has 3 aliphatic rings. The number of allylic oxidation sites excluding steroid dienone is 1. The minimum absolute atomic E-state index is 0.00403. The fourth-order valence-corrected chi connectivity index (χ4v) is 7.15. The minimum Gasteiger partial charge on any atom is -0.550 e. The molecule has 188 valence electrons. The maximum absolute atomic E-state index is 12.8. The van der Waals surface area contributed by atoms with E-state index in [1.165, 1.54) is 31.8 Å². The number of carboxylic acids is 2. The Hall–Kier alpha value is -1.52. The zero-order valence-electron chi connectivity index (χ0n) is 20.5. The minimum atomic E-state index is -1.43. The van der Waals surface area contributed by atoms with Gasteiger partial charge in [0, 0.05) is 23.2 Å². The molecule has 0 spiro atoms. The lowest BCUT2D eigenvalue weighted by Gasteiger charge is -2.53. The van der Waals surface area contributed by atoms with E-state index in [-0.39, 0.29) is 30.4 Å². The molecule has 0 aliphatic heterocycles. The van der Waals surface area contributed by atoms with Gasteiger partial charge in [-0.05, 0) is 50.0 Å². The lowest BCUT2D eigenvalue weighted by Crippen LogP contribution is -2.58. The molecule has 3 rings (SSSR count). The van der Waals surface area contributed by atoms with Gasteiger partial charge in [-0.15, -0.1) is 0 Å². The van der Waals surface area contributed by atoms with Crippen LogP contribution < -0.4 is 10.2 Å². The van der Waals surface area contributed by atoms with Gasteiger partial charge in [-0.25, -0.2) is 0 Å². The second kappa shape index (κ2) is 12.3. The summed E-state index contributed by atoms with van der Waals surface area (Å²) in [7, 11) is 0. The highest BCUT2D eigenvalue weighted by Crippen LogP contribution is 2.56. The summed E-state index contributed by atoms with van der Waals surface area (Å²) < 4.78 is 0. The van der Waals surface area contributed by atoms with E-state index in [4.69, 9.17) is 0 Å². The predicted molar refractivity (Wildman–Crippen MR) is 125 cm³/mol. The summed E-state index contributed by atoms with van der Waals surface area (Å²) in [6.45, 7) is 0. The zero-order chi connectivity index (χ0) is 23.7. The standard InChI is InChI=1S/C28H46O5/c29-24-19-27(25(30)31,22-15-11-7-3-1-4-8-12-16-22)21-28(20-24,26(32)33)23-17-13-9-5-2-6-10-14-18-23/h19,22-23,29H,1-18,20-21H2,(H,30,31)(H,32,33)/p-2. The molecule has 2 saturated carbocycles. The number of aliphatic hydroxyl groups excluding tert-OH is 1. The molecule has 5 nitrogen and oxygen atoms in total. The molecule has 2 atom stereocenters. The van der Waals surface area contributed by atoms with Gasteiger partial charge in [-0.1, -0.05) is 89.9 Å². The van der Waals surface area contributed by atoms with Crippen LogP contribution >= 0.6 is 0 Å². The number of carbonyl (C=O) groups excluding carboxylic acids is 2. The first kappa shape index (κ1) is 26.1. The first-order chi connectivity index (χ1) is 15.9. The van der Waals surface area contributed by atoms with E-state index >= 15 is 0 Å². The van der Waals surface area contributed by atoms with Crippen molar-refractivity contribution in [1.29, 1.82) is 0 Å². The summed E-state index contributed by atoms with van der Waals surface area (Å²) in [5, 5.41) is 36.5. The zero-order valence-corrected chi connectivity index (χ0v) is 20.5. The van der Waals surface area contributed by atoms with Crippen molar-refractivity contribution in [3.63, 3.8) is 0 Å². The van der Waals surface area contributed by atoms with Gasteiger partial charge >= 0.3 is 0 Å². The van der Waals surface area contributed by atoms with Gasteiger partial charge in [0.15, 0.2) is 0 Å². The molecule has 2 fully saturated rings. The molecular weight excluding hydrogens is 416 g/mol. The van der Waals surface area contributed by atoms with E-state index in [1.807, 2.05) is 0 Å². The van der Waals surface area contributed by atoms with Gasteiger partial charge in [-0.3, -0.25) is 0 Å². The van der Waals surface area contributed by atoms with Crippen molar-refractivity contribution in [2.24, 2.45) is 22.7 Å². The Balaban J connectivity index is 1.96. The third-order valence-corrected chi connectivity index (χ3v) is 9.04. The fraction of sp³-hybridized carbons (Fsp3) is 0.857. The molecule has 0 heterocycles. The largest absolute Gasteiger partial charge is 0.550 e. The van der Waals surface area contributed by atoms with Crippen LogP contribution in [0.25, 0.3) is 0 Å². The van der Waals surface area contributed by atoms with Crippen LogP contribution in [0.3, 0.4) is 0 Å². The van der Waals surface area contributed by atoms with Crippen LogP contribution in [0, 0.1) is 22.7 Å². The molecule has 0 aromatic rings. The maximum atomic E-state index is 12.8. The third-order valence-electron chi connectivity index (χ3n) is 9.04. The number of hydrogen-bond acceptors (Lipinski definition) is 5. The monoisotopic (exact) mass is 460 g/mol. The first-order valence-electron chi connectivity index (χ1n) is 13.7. The van der Waals surface area contributed by atoms with Gasteiger partial charge in [0.25, 0.3) is 0 Å². The van der Waals surface area contributed by atoms with Crippen LogP contribution in [0.1, 0.15) is 128 Å². The van der Waals surface area contributed by atoms with E-state index in [1.54, 1.807) is 0 Å². The Labute approximate surface area is 200 Å². The van der Waals surface area contributed by atoms with Gasteiger partial charge in [0.2, 0.25) is 0 Å². The number of aliphatic hydroxyl groups is 1. The average molecular weight is 461 g/mol. The van der Waals surface area contributed by atoms with Crippen LogP contribution in [0.15, 0.2) is 11.8 Å². The van der Waals surface area contributed by atoms with Crippen LogP contribution in [-0.2, 0) is 9.59 Å². The van der Waals surface area contributed by atoms with Crippen molar-refractivity contribution in [3.05, 3.63) is 11.8 Å². The van der Waals surface area contributed by atoms with E-state index in [9.17, 15) is 24.9 Å². The smallest absolute Gasteiger partial charge is 0.0901 e. The highest BCUT2D eigenvalue weighted by atomic mass is 16.4. The fourth-order valence-electron chi connectivity index (χ4n) is 7.15. The maximum Gasteiger partial charge on any atom is 0.0901 e. The highest BCUT2D eigenvalue weighted by Gasteiger charge is 2.52. The van der Waals surface area contributed by atoms with E-state index in [2.05, 4.69) is 0 Å². The lowest BCUT2D eigenvalue weighted by molar-refractivity contribution is -0.332. The number of rotatable bonds is 4. The molecule has 0 amide bonds. The van der Waals surface area contributed by atoms with Crippen LogP contribution in [0.2, 0.25) is 0 Å². The van der Waals surface area contributed by atoms with E-state index in [0.29, 0.717) is 0 Å². The molecule has 1 N–H and O–H groups in total. The molecule has 3 aliphatic carbocycles. The number of carboxylic acid groups (broad SMARTS) is 2. The second-order valence-corrected chi connectivity index (χ2v) is 11.3. The van der Waals surface area contributed by atoms with Crippen molar-refractivity contribution in [2.45, 2.75) is 128 Å². The Kier molecular flexibility index (Phi) is 9.69. The Morgan fingerprint density at radius 2 is 1.06 bits per heavy atom. The summed E-state index contributed by atoms with van der Waals surface area (Å²) in [6.07, 6.45) is 19.7. The van der Waals surface area contributed by atoms with Gasteiger partial charge in [0.05, 0.1) is 11.7 Å². The van der Waals surface area contributed by atoms with Crippen molar-refractivity contribution in [2.75, 3.05) is 0 Å². The van der Waals surface area contributed by atoms with Crippen LogP contribution in [0.4, 0.5) is 0 Å². The van der Waals surface area contributed by atoms with Gasteiger partial charge in [-0.2, -0.15) is 0 Å². The Bertz CT molecular complexity index is 666. The van der Waals surface area contributed by atoms with Crippen LogP contribution in [-0.4, -0.2) is 17.0 Å². The molecule has 0 aromatic carbocycles. The summed E-state index contributed by atoms with van der Waals surface area (Å²) in [5.74, 6) is -2.88. The summed E-state index contributed by atoms with van der Waals surface area (Å²) in [5.41, 5.74) is -2.77. The van der Waals surface area contributed by atoms with Crippen molar-refractivity contribution in [3.8, 4) is 0 Å². The van der Waals surface area contributed by atoms with Gasteiger partial charge in [0.1, 0.15) is 0 Å². The van der Waals surface area contributed by atoms with Crippen LogP contribution in [0.5, 0.6) is 0 Å². The molecule has 0 radical (unpaired) electrons. The highest BCUT2D eigenvalue weighted by molar-refractivity contribution is 5.80. The van der Waals surface area contributed by atoms with E-state index in [0.717, 1.165) is 89.9 Å². The summed E-state index contributed by atoms with van der Waals surface area (Å²) in [6, 6.07) is 0. The number of carbonyl (C=O) groups is 2.